The average Bonchev–Trinajstić information content (AvgIpc) is 2.51. The molecule has 0 aliphatic heterocycles. The van der Waals surface area contributed by atoms with Crippen LogP contribution in [0, 0.1) is 0 Å². The number of ether oxygens (including phenoxy) is 1. The Bertz CT molecular complexity index is 501. The Kier molecular flexibility index (Phi) is 7.67. The summed E-state index contributed by atoms with van der Waals surface area (Å²) in [5.41, 5.74) is 0.920. The van der Waals surface area contributed by atoms with E-state index in [1.54, 1.807) is 0 Å². The maximum atomic E-state index is 11.8. The Labute approximate surface area is 129 Å². The van der Waals surface area contributed by atoms with Gasteiger partial charge in [-0.25, -0.2) is 4.79 Å². The first-order valence-corrected chi connectivity index (χ1v) is 7.16. The number of hydrogen-bond acceptors (Lipinski definition) is 4. The molecule has 22 heavy (non-hydrogen) atoms. The number of carbonyl (C=O) groups excluding carboxylic acids is 2. The van der Waals surface area contributed by atoms with Gasteiger partial charge in [-0.15, -0.1) is 0 Å². The third-order valence-electron chi connectivity index (χ3n) is 3.15. The lowest BCUT2D eigenvalue weighted by atomic mass is 10.1. The molecule has 1 aromatic carbocycles. The number of benzene rings is 1. The van der Waals surface area contributed by atoms with Crippen LogP contribution in [-0.2, 0) is 25.5 Å². The highest BCUT2D eigenvalue weighted by Crippen LogP contribution is 2.06. The molecular weight excluding hydrogens is 286 g/mol. The van der Waals surface area contributed by atoms with Crippen LogP contribution in [0.5, 0.6) is 0 Å². The largest absolute Gasteiger partial charge is 0.481 e. The fourth-order valence-electron chi connectivity index (χ4n) is 2.01. The maximum Gasteiger partial charge on any atom is 0.328 e. The number of esters is 1. The second-order valence-electron chi connectivity index (χ2n) is 4.93. The van der Waals surface area contributed by atoms with Crippen LogP contribution in [0.3, 0.4) is 0 Å². The first-order valence-electron chi connectivity index (χ1n) is 7.16. The van der Waals surface area contributed by atoms with Crippen LogP contribution in [0.4, 0.5) is 0 Å². The summed E-state index contributed by atoms with van der Waals surface area (Å²) < 4.78 is 4.71. The van der Waals surface area contributed by atoms with E-state index in [9.17, 15) is 14.4 Å². The lowest BCUT2D eigenvalue weighted by molar-refractivity contribution is -0.145. The van der Waals surface area contributed by atoms with Crippen molar-refractivity contribution in [1.29, 1.82) is 0 Å². The molecule has 1 aromatic rings. The van der Waals surface area contributed by atoms with Crippen molar-refractivity contribution in [3.8, 4) is 0 Å². The highest BCUT2D eigenvalue weighted by molar-refractivity contribution is 5.84. The number of amides is 1. The summed E-state index contributed by atoms with van der Waals surface area (Å²) in [4.78, 5) is 34.0. The second-order valence-corrected chi connectivity index (χ2v) is 4.93. The molecule has 120 valence electrons. The van der Waals surface area contributed by atoms with Gasteiger partial charge in [-0.3, -0.25) is 9.59 Å². The van der Waals surface area contributed by atoms with Crippen molar-refractivity contribution in [2.75, 3.05) is 7.11 Å². The Morgan fingerprint density at radius 3 is 2.36 bits per heavy atom. The van der Waals surface area contributed by atoms with E-state index in [0.29, 0.717) is 19.3 Å². The minimum Gasteiger partial charge on any atom is -0.481 e. The first kappa shape index (κ1) is 17.7. The van der Waals surface area contributed by atoms with Crippen molar-refractivity contribution >= 4 is 17.8 Å². The van der Waals surface area contributed by atoms with Crippen LogP contribution < -0.4 is 5.32 Å². The number of unbranched alkanes of at least 4 members (excludes halogenated alkanes) is 1. The zero-order valence-electron chi connectivity index (χ0n) is 12.6. The summed E-state index contributed by atoms with van der Waals surface area (Å²) in [7, 11) is 1.28. The molecule has 0 aliphatic carbocycles. The van der Waals surface area contributed by atoms with Crippen LogP contribution in [0.25, 0.3) is 0 Å². The SMILES string of the molecule is COC(=O)[C@@H](Cc1ccccc1)NC(=O)CCCCC(=O)O. The van der Waals surface area contributed by atoms with Gasteiger partial charge < -0.3 is 15.2 Å². The molecule has 0 spiro atoms. The molecule has 0 heterocycles. The molecule has 2 N–H and O–H groups in total. The Hall–Kier alpha value is -2.37. The molecule has 0 bridgehead atoms. The van der Waals surface area contributed by atoms with Gasteiger partial charge >= 0.3 is 11.9 Å². The average molecular weight is 307 g/mol. The van der Waals surface area contributed by atoms with E-state index in [1.807, 2.05) is 30.3 Å². The molecule has 0 aliphatic rings. The van der Waals surface area contributed by atoms with Crippen LogP contribution in [-0.4, -0.2) is 36.1 Å². The Balaban J connectivity index is 2.49. The van der Waals surface area contributed by atoms with E-state index in [0.717, 1.165) is 5.56 Å². The lowest BCUT2D eigenvalue weighted by Gasteiger charge is -2.16. The van der Waals surface area contributed by atoms with E-state index in [2.05, 4.69) is 5.32 Å². The van der Waals surface area contributed by atoms with Gasteiger partial charge in [-0.1, -0.05) is 30.3 Å². The predicted octanol–water partition coefficient (Wildman–Crippen LogP) is 1.53. The molecule has 1 rings (SSSR count). The van der Waals surface area contributed by atoms with Crippen LogP contribution in [0.2, 0.25) is 0 Å². The van der Waals surface area contributed by atoms with Gasteiger partial charge in [0.15, 0.2) is 0 Å². The van der Waals surface area contributed by atoms with Gasteiger partial charge in [0.05, 0.1) is 7.11 Å². The van der Waals surface area contributed by atoms with E-state index in [4.69, 9.17) is 9.84 Å². The number of aliphatic carboxylic acids is 1. The summed E-state index contributed by atoms with van der Waals surface area (Å²) in [5.74, 6) is -1.66. The Morgan fingerprint density at radius 2 is 1.77 bits per heavy atom. The molecule has 6 nitrogen and oxygen atoms in total. The third kappa shape index (κ3) is 6.88. The molecule has 0 unspecified atom stereocenters. The van der Waals surface area contributed by atoms with Crippen molar-refractivity contribution in [2.45, 2.75) is 38.1 Å². The zero-order valence-corrected chi connectivity index (χ0v) is 12.6. The summed E-state index contributed by atoms with van der Waals surface area (Å²) in [5, 5.41) is 11.2. The summed E-state index contributed by atoms with van der Waals surface area (Å²) in [6.07, 6.45) is 1.49. The minimum absolute atomic E-state index is 0.0394. The van der Waals surface area contributed by atoms with E-state index < -0.39 is 18.0 Å². The van der Waals surface area contributed by atoms with E-state index >= 15 is 0 Å². The molecule has 1 atom stereocenters. The Morgan fingerprint density at radius 1 is 1.14 bits per heavy atom. The fourth-order valence-corrected chi connectivity index (χ4v) is 2.01. The van der Waals surface area contributed by atoms with Crippen molar-refractivity contribution in [3.63, 3.8) is 0 Å². The number of methoxy groups -OCH3 is 1. The molecule has 0 saturated carbocycles. The molecule has 0 aromatic heterocycles. The maximum absolute atomic E-state index is 11.8. The van der Waals surface area contributed by atoms with Crippen LogP contribution >= 0.6 is 0 Å². The van der Waals surface area contributed by atoms with Gasteiger partial charge in [0.2, 0.25) is 5.91 Å². The summed E-state index contributed by atoms with van der Waals surface area (Å²) in [6.45, 7) is 0. The number of carboxylic acids is 1. The molecule has 0 radical (unpaired) electrons. The zero-order chi connectivity index (χ0) is 16.4. The van der Waals surface area contributed by atoms with Gasteiger partial charge in [-0.05, 0) is 18.4 Å². The molecule has 6 heteroatoms. The standard InChI is InChI=1S/C16H21NO5/c1-22-16(21)13(11-12-7-3-2-4-8-12)17-14(18)9-5-6-10-15(19)20/h2-4,7-8,13H,5-6,9-11H2,1H3,(H,17,18)(H,19,20)/t13-/m1/s1. The van der Waals surface area contributed by atoms with Gasteiger partial charge in [0.1, 0.15) is 6.04 Å². The summed E-state index contributed by atoms with van der Waals surface area (Å²) >= 11 is 0. The number of carboxylic acid groups (broad SMARTS) is 1. The fraction of sp³-hybridized carbons (Fsp3) is 0.438. The number of carbonyl (C=O) groups is 3. The molecule has 1 amide bonds. The predicted molar refractivity (Wildman–Crippen MR) is 80.2 cm³/mol. The number of nitrogens with one attached hydrogen (secondary N) is 1. The van der Waals surface area contributed by atoms with Crippen LogP contribution in [0.1, 0.15) is 31.2 Å². The number of rotatable bonds is 9. The van der Waals surface area contributed by atoms with Gasteiger partial charge in [-0.2, -0.15) is 0 Å². The van der Waals surface area contributed by atoms with Crippen molar-refractivity contribution < 1.29 is 24.2 Å². The van der Waals surface area contributed by atoms with Gasteiger partial charge in [0, 0.05) is 19.3 Å². The van der Waals surface area contributed by atoms with E-state index in [1.165, 1.54) is 7.11 Å². The monoisotopic (exact) mass is 307 g/mol. The molecule has 0 fully saturated rings. The molecular formula is C16H21NO5. The third-order valence-corrected chi connectivity index (χ3v) is 3.15. The quantitative estimate of drug-likeness (QED) is 0.533. The molecule has 0 saturated heterocycles. The summed E-state index contributed by atoms with van der Waals surface area (Å²) in [6, 6.07) is 8.59. The normalized spacial score (nSPS) is 11.5. The highest BCUT2D eigenvalue weighted by atomic mass is 16.5. The van der Waals surface area contributed by atoms with Crippen molar-refractivity contribution in [3.05, 3.63) is 35.9 Å². The highest BCUT2D eigenvalue weighted by Gasteiger charge is 2.21. The van der Waals surface area contributed by atoms with Crippen LogP contribution in [0.15, 0.2) is 30.3 Å². The topological polar surface area (TPSA) is 92.7 Å². The van der Waals surface area contributed by atoms with E-state index in [-0.39, 0.29) is 18.7 Å². The lowest BCUT2D eigenvalue weighted by Crippen LogP contribution is -2.43. The number of hydrogen-bond donors (Lipinski definition) is 2. The van der Waals surface area contributed by atoms with Gasteiger partial charge in [0.25, 0.3) is 0 Å². The van der Waals surface area contributed by atoms with Crippen molar-refractivity contribution in [2.24, 2.45) is 0 Å². The smallest absolute Gasteiger partial charge is 0.328 e. The minimum atomic E-state index is -0.878. The first-order chi connectivity index (χ1) is 10.5. The van der Waals surface area contributed by atoms with Crippen molar-refractivity contribution in [1.82, 2.24) is 5.32 Å². The second kappa shape index (κ2) is 9.55.